The molecule has 0 unspecified atom stereocenters. The first-order valence-corrected chi connectivity index (χ1v) is 11.0. The number of hydrogen-bond donors (Lipinski definition) is 0. The molecular formula is C29H38N2. The van der Waals surface area contributed by atoms with E-state index in [4.69, 9.17) is 0 Å². The van der Waals surface area contributed by atoms with Gasteiger partial charge < -0.3 is 9.80 Å². The van der Waals surface area contributed by atoms with Gasteiger partial charge >= 0.3 is 0 Å². The highest BCUT2D eigenvalue weighted by molar-refractivity contribution is 5.66. The van der Waals surface area contributed by atoms with Gasteiger partial charge in [0.25, 0.3) is 0 Å². The smallest absolute Gasteiger partial charge is 0.0413 e. The molecule has 2 aromatic rings. The molecule has 0 bridgehead atoms. The summed E-state index contributed by atoms with van der Waals surface area (Å²) in [6, 6.07) is 9.16. The first-order chi connectivity index (χ1) is 14.9. The number of nitrogens with zero attached hydrogens (tertiary/aromatic N) is 2. The quantitative estimate of drug-likeness (QED) is 0.350. The number of aryl methyl sites for hydroxylation is 4. The second-order valence-corrected chi connectivity index (χ2v) is 8.30. The van der Waals surface area contributed by atoms with E-state index in [1.807, 2.05) is 24.3 Å². The molecule has 2 heteroatoms. The molecule has 0 spiro atoms. The lowest BCUT2D eigenvalue weighted by molar-refractivity contribution is 0.919. The standard InChI is InChI=1S/C29H38N2/c1-9-13-30(14-10-2)28-19-22(5)17-24(7)26(28)21-27-25(8)18-23(6)20-29(27)31(15-11-3)16-12-4/h9-12,17-20H,1-4,13-16,21H2,5-8H3. The Bertz CT molecular complexity index is 854. The highest BCUT2D eigenvalue weighted by Crippen LogP contribution is 2.34. The van der Waals surface area contributed by atoms with Crippen molar-refractivity contribution in [3.05, 3.63) is 108 Å². The average Bonchev–Trinajstić information content (AvgIpc) is 2.70. The molecule has 2 rings (SSSR count). The summed E-state index contributed by atoms with van der Waals surface area (Å²) < 4.78 is 0. The van der Waals surface area contributed by atoms with Crippen molar-refractivity contribution in [1.82, 2.24) is 0 Å². The predicted octanol–water partition coefficient (Wildman–Crippen LogP) is 6.87. The Morgan fingerprint density at radius 1 is 0.581 bits per heavy atom. The van der Waals surface area contributed by atoms with Crippen LogP contribution in [0.3, 0.4) is 0 Å². The summed E-state index contributed by atoms with van der Waals surface area (Å²) in [4.78, 5) is 4.70. The molecule has 0 aliphatic carbocycles. The molecule has 0 N–H and O–H groups in total. The van der Waals surface area contributed by atoms with E-state index in [-0.39, 0.29) is 0 Å². The maximum absolute atomic E-state index is 3.97. The summed E-state index contributed by atoms with van der Waals surface area (Å²) >= 11 is 0. The molecule has 164 valence electrons. The molecule has 0 radical (unpaired) electrons. The van der Waals surface area contributed by atoms with Crippen LogP contribution in [0.5, 0.6) is 0 Å². The fraction of sp³-hybridized carbons (Fsp3) is 0.310. The lowest BCUT2D eigenvalue weighted by atomic mass is 9.91. The van der Waals surface area contributed by atoms with Crippen LogP contribution >= 0.6 is 0 Å². The number of anilines is 2. The Morgan fingerprint density at radius 2 is 0.903 bits per heavy atom. The predicted molar refractivity (Wildman–Crippen MR) is 140 cm³/mol. The molecule has 0 aromatic heterocycles. The van der Waals surface area contributed by atoms with E-state index < -0.39 is 0 Å². The fourth-order valence-corrected chi connectivity index (χ4v) is 4.32. The van der Waals surface area contributed by atoms with E-state index in [2.05, 4.69) is 88.1 Å². The van der Waals surface area contributed by atoms with Gasteiger partial charge in [-0.25, -0.2) is 0 Å². The van der Waals surface area contributed by atoms with Gasteiger partial charge in [-0.15, -0.1) is 26.3 Å². The van der Waals surface area contributed by atoms with Crippen LogP contribution in [-0.4, -0.2) is 26.2 Å². The van der Waals surface area contributed by atoms with E-state index in [0.717, 1.165) is 32.6 Å². The Labute approximate surface area is 189 Å². The first kappa shape index (κ1) is 24.3. The molecule has 0 fully saturated rings. The zero-order valence-electron chi connectivity index (χ0n) is 19.9. The third-order valence-corrected chi connectivity index (χ3v) is 5.62. The topological polar surface area (TPSA) is 6.48 Å². The largest absolute Gasteiger partial charge is 0.364 e. The van der Waals surface area contributed by atoms with Gasteiger partial charge in [-0.05, 0) is 73.2 Å². The van der Waals surface area contributed by atoms with Gasteiger partial charge in [-0.1, -0.05) is 36.4 Å². The van der Waals surface area contributed by atoms with Crippen molar-refractivity contribution in [3.8, 4) is 0 Å². The summed E-state index contributed by atoms with van der Waals surface area (Å²) in [5.41, 5.74) is 10.4. The molecule has 0 saturated carbocycles. The van der Waals surface area contributed by atoms with Gasteiger partial charge in [0.15, 0.2) is 0 Å². The zero-order valence-corrected chi connectivity index (χ0v) is 19.9. The summed E-state index contributed by atoms with van der Waals surface area (Å²) in [5, 5.41) is 0. The minimum absolute atomic E-state index is 0.792. The molecule has 0 aliphatic rings. The molecule has 0 heterocycles. The summed E-state index contributed by atoms with van der Waals surface area (Å²) in [5.74, 6) is 0. The van der Waals surface area contributed by atoms with E-state index in [9.17, 15) is 0 Å². The highest BCUT2D eigenvalue weighted by atomic mass is 15.1. The Morgan fingerprint density at radius 3 is 1.19 bits per heavy atom. The van der Waals surface area contributed by atoms with Crippen LogP contribution < -0.4 is 9.80 Å². The molecule has 0 saturated heterocycles. The van der Waals surface area contributed by atoms with Crippen LogP contribution in [0.15, 0.2) is 74.9 Å². The van der Waals surface area contributed by atoms with Crippen molar-refractivity contribution in [1.29, 1.82) is 0 Å². The molecule has 0 aliphatic heterocycles. The number of hydrogen-bond acceptors (Lipinski definition) is 2. The summed E-state index contributed by atoms with van der Waals surface area (Å²) in [6.07, 6.45) is 8.72. The normalized spacial score (nSPS) is 10.5. The Kier molecular flexibility index (Phi) is 8.93. The van der Waals surface area contributed by atoms with Crippen molar-refractivity contribution >= 4 is 11.4 Å². The third-order valence-electron chi connectivity index (χ3n) is 5.62. The monoisotopic (exact) mass is 414 g/mol. The van der Waals surface area contributed by atoms with E-state index in [0.29, 0.717) is 0 Å². The van der Waals surface area contributed by atoms with E-state index in [1.165, 1.54) is 44.8 Å². The molecular weight excluding hydrogens is 376 g/mol. The molecule has 2 nitrogen and oxygen atoms in total. The Hall–Kier alpha value is -3.00. The SMILES string of the molecule is C=CCN(CC=C)c1cc(C)cc(C)c1Cc1c(C)cc(C)cc1N(CC=C)CC=C. The number of rotatable bonds is 12. The summed E-state index contributed by atoms with van der Waals surface area (Å²) in [7, 11) is 0. The second-order valence-electron chi connectivity index (χ2n) is 8.30. The average molecular weight is 415 g/mol. The van der Waals surface area contributed by atoms with Crippen molar-refractivity contribution in [3.63, 3.8) is 0 Å². The van der Waals surface area contributed by atoms with E-state index >= 15 is 0 Å². The molecule has 2 aromatic carbocycles. The Balaban J connectivity index is 2.68. The fourth-order valence-electron chi connectivity index (χ4n) is 4.32. The summed E-state index contributed by atoms with van der Waals surface area (Å²) in [6.45, 7) is 27.8. The lowest BCUT2D eigenvalue weighted by Crippen LogP contribution is -2.26. The van der Waals surface area contributed by atoms with Gasteiger partial charge in [0.05, 0.1) is 0 Å². The zero-order chi connectivity index (χ0) is 23.0. The van der Waals surface area contributed by atoms with Gasteiger partial charge in [0.2, 0.25) is 0 Å². The van der Waals surface area contributed by atoms with Gasteiger partial charge in [0, 0.05) is 44.0 Å². The van der Waals surface area contributed by atoms with E-state index in [1.54, 1.807) is 0 Å². The lowest BCUT2D eigenvalue weighted by Gasteiger charge is -2.30. The van der Waals surface area contributed by atoms with Crippen molar-refractivity contribution in [2.75, 3.05) is 36.0 Å². The first-order valence-electron chi connectivity index (χ1n) is 11.0. The van der Waals surface area contributed by atoms with Crippen molar-refractivity contribution in [2.45, 2.75) is 34.1 Å². The van der Waals surface area contributed by atoms with Crippen LogP contribution in [0.4, 0.5) is 11.4 Å². The molecule has 31 heavy (non-hydrogen) atoms. The highest BCUT2D eigenvalue weighted by Gasteiger charge is 2.18. The third kappa shape index (κ3) is 6.01. The molecule has 0 amide bonds. The van der Waals surface area contributed by atoms with Crippen LogP contribution in [-0.2, 0) is 6.42 Å². The van der Waals surface area contributed by atoms with Crippen LogP contribution in [0.1, 0.15) is 33.4 Å². The minimum atomic E-state index is 0.792. The van der Waals surface area contributed by atoms with Gasteiger partial charge in [0.1, 0.15) is 0 Å². The minimum Gasteiger partial charge on any atom is -0.364 e. The van der Waals surface area contributed by atoms with Crippen LogP contribution in [0.2, 0.25) is 0 Å². The van der Waals surface area contributed by atoms with Crippen LogP contribution in [0, 0.1) is 27.7 Å². The van der Waals surface area contributed by atoms with Gasteiger partial charge in [-0.2, -0.15) is 0 Å². The van der Waals surface area contributed by atoms with Crippen molar-refractivity contribution in [2.24, 2.45) is 0 Å². The van der Waals surface area contributed by atoms with Crippen molar-refractivity contribution < 1.29 is 0 Å². The second kappa shape index (κ2) is 11.4. The van der Waals surface area contributed by atoms with Gasteiger partial charge in [-0.3, -0.25) is 0 Å². The van der Waals surface area contributed by atoms with Crippen LogP contribution in [0.25, 0.3) is 0 Å². The maximum atomic E-state index is 3.97. The molecule has 0 atom stereocenters. The number of benzene rings is 2. The maximum Gasteiger partial charge on any atom is 0.0413 e.